The number of hydrogen-bond acceptors (Lipinski definition) is 5. The third-order valence-electron chi connectivity index (χ3n) is 3.28. The van der Waals surface area contributed by atoms with Gasteiger partial charge in [0.15, 0.2) is 0 Å². The molecule has 0 radical (unpaired) electrons. The van der Waals surface area contributed by atoms with E-state index in [2.05, 4.69) is 10.4 Å². The van der Waals surface area contributed by atoms with Crippen molar-refractivity contribution in [2.75, 3.05) is 33.8 Å². The number of nitrogens with zero attached hydrogens (tertiary/aromatic N) is 3. The van der Waals surface area contributed by atoms with Gasteiger partial charge in [0.2, 0.25) is 10.0 Å². The maximum absolute atomic E-state index is 12.4. The molecule has 1 aliphatic rings. The summed E-state index contributed by atoms with van der Waals surface area (Å²) in [6, 6.07) is 0. The number of sulfonamides is 1. The summed E-state index contributed by atoms with van der Waals surface area (Å²) < 4.78 is 33.1. The van der Waals surface area contributed by atoms with E-state index in [-0.39, 0.29) is 11.0 Å². The van der Waals surface area contributed by atoms with Crippen LogP contribution < -0.4 is 5.32 Å². The van der Waals surface area contributed by atoms with Crippen LogP contribution in [-0.2, 0) is 21.3 Å². The predicted molar refractivity (Wildman–Crippen MR) is 70.3 cm³/mol. The monoisotopic (exact) mass is 288 g/mol. The maximum Gasteiger partial charge on any atom is 0.246 e. The normalized spacial score (nSPS) is 21.1. The summed E-state index contributed by atoms with van der Waals surface area (Å²) in [4.78, 5) is 0.250. The molecule has 7 nitrogen and oxygen atoms in total. The molecule has 8 heteroatoms. The van der Waals surface area contributed by atoms with E-state index in [1.165, 1.54) is 10.5 Å². The quantitative estimate of drug-likeness (QED) is 0.764. The Hall–Kier alpha value is -0.960. The van der Waals surface area contributed by atoms with Crippen molar-refractivity contribution in [2.45, 2.75) is 24.0 Å². The summed E-state index contributed by atoms with van der Waals surface area (Å²) in [6.07, 6.45) is 3.72. The van der Waals surface area contributed by atoms with Gasteiger partial charge in [0.1, 0.15) is 4.90 Å². The van der Waals surface area contributed by atoms with Crippen LogP contribution in [-0.4, -0.2) is 62.4 Å². The van der Waals surface area contributed by atoms with E-state index in [0.717, 1.165) is 13.0 Å². The highest BCUT2D eigenvalue weighted by atomic mass is 32.2. The summed E-state index contributed by atoms with van der Waals surface area (Å²) in [5.41, 5.74) is 0. The van der Waals surface area contributed by atoms with Crippen molar-refractivity contribution in [1.82, 2.24) is 19.4 Å². The molecule has 1 aromatic rings. The SMILES string of the molecule is CNCCn1cc(S(=O)(=O)N2CCC(OC)C2)cn1. The van der Waals surface area contributed by atoms with Crippen molar-refractivity contribution in [3.8, 4) is 0 Å². The van der Waals surface area contributed by atoms with Crippen LogP contribution in [0.3, 0.4) is 0 Å². The van der Waals surface area contributed by atoms with Gasteiger partial charge in [-0.2, -0.15) is 9.40 Å². The van der Waals surface area contributed by atoms with Gasteiger partial charge in [-0.3, -0.25) is 4.68 Å². The Morgan fingerprint density at radius 2 is 2.37 bits per heavy atom. The third-order valence-corrected chi connectivity index (χ3v) is 5.10. The van der Waals surface area contributed by atoms with Crippen molar-refractivity contribution >= 4 is 10.0 Å². The van der Waals surface area contributed by atoms with Crippen LogP contribution in [0.2, 0.25) is 0 Å². The summed E-state index contributed by atoms with van der Waals surface area (Å²) in [7, 11) is 0.0149. The smallest absolute Gasteiger partial charge is 0.246 e. The van der Waals surface area contributed by atoms with Crippen molar-refractivity contribution in [2.24, 2.45) is 0 Å². The van der Waals surface area contributed by atoms with Gasteiger partial charge in [-0.15, -0.1) is 0 Å². The molecule has 0 aliphatic carbocycles. The maximum atomic E-state index is 12.4. The van der Waals surface area contributed by atoms with Crippen LogP contribution >= 0.6 is 0 Å². The largest absolute Gasteiger partial charge is 0.380 e. The Morgan fingerprint density at radius 1 is 1.58 bits per heavy atom. The van der Waals surface area contributed by atoms with E-state index in [1.807, 2.05) is 7.05 Å². The Balaban J connectivity index is 2.09. The number of methoxy groups -OCH3 is 1. The van der Waals surface area contributed by atoms with E-state index >= 15 is 0 Å². The van der Waals surface area contributed by atoms with E-state index in [9.17, 15) is 8.42 Å². The fourth-order valence-electron chi connectivity index (χ4n) is 2.08. The number of aromatic nitrogens is 2. The average molecular weight is 288 g/mol. The third kappa shape index (κ3) is 3.14. The van der Waals surface area contributed by atoms with Crippen LogP contribution in [0.15, 0.2) is 17.3 Å². The summed E-state index contributed by atoms with van der Waals surface area (Å²) >= 11 is 0. The number of ether oxygens (including phenoxy) is 1. The second kappa shape index (κ2) is 6.00. The molecular formula is C11H20N4O3S. The minimum Gasteiger partial charge on any atom is -0.380 e. The topological polar surface area (TPSA) is 76.5 Å². The summed E-state index contributed by atoms with van der Waals surface area (Å²) in [6.45, 7) is 2.31. The molecule has 0 bridgehead atoms. The van der Waals surface area contributed by atoms with Crippen LogP contribution in [0.25, 0.3) is 0 Å². The molecular weight excluding hydrogens is 268 g/mol. The Kier molecular flexibility index (Phi) is 4.56. The highest BCUT2D eigenvalue weighted by molar-refractivity contribution is 7.89. The molecule has 108 valence electrons. The number of rotatable bonds is 6. The van der Waals surface area contributed by atoms with Crippen LogP contribution in [0, 0.1) is 0 Å². The fourth-order valence-corrected chi connectivity index (χ4v) is 3.53. The van der Waals surface area contributed by atoms with E-state index in [1.54, 1.807) is 18.0 Å². The molecule has 0 amide bonds. The molecule has 2 heterocycles. The van der Waals surface area contributed by atoms with Gasteiger partial charge in [0.05, 0.1) is 18.8 Å². The molecule has 1 atom stereocenters. The average Bonchev–Trinajstić information content (AvgIpc) is 3.05. The zero-order chi connectivity index (χ0) is 13.9. The van der Waals surface area contributed by atoms with Gasteiger partial charge in [-0.25, -0.2) is 8.42 Å². The van der Waals surface area contributed by atoms with Gasteiger partial charge >= 0.3 is 0 Å². The van der Waals surface area contributed by atoms with Gasteiger partial charge in [0, 0.05) is 32.9 Å². The molecule has 2 rings (SSSR count). The number of hydrogen-bond donors (Lipinski definition) is 1. The van der Waals surface area contributed by atoms with E-state index in [0.29, 0.717) is 19.6 Å². The molecule has 1 aliphatic heterocycles. The molecule has 1 saturated heterocycles. The first-order valence-corrected chi connectivity index (χ1v) is 7.72. The second-order valence-corrected chi connectivity index (χ2v) is 6.49. The van der Waals surface area contributed by atoms with Crippen LogP contribution in [0.4, 0.5) is 0 Å². The lowest BCUT2D eigenvalue weighted by Gasteiger charge is -2.14. The van der Waals surface area contributed by atoms with Gasteiger partial charge in [-0.1, -0.05) is 0 Å². The van der Waals surface area contributed by atoms with Crippen molar-refractivity contribution < 1.29 is 13.2 Å². The van der Waals surface area contributed by atoms with E-state index < -0.39 is 10.0 Å². The van der Waals surface area contributed by atoms with Gasteiger partial charge in [-0.05, 0) is 13.5 Å². The second-order valence-electron chi connectivity index (χ2n) is 4.55. The Morgan fingerprint density at radius 3 is 3.00 bits per heavy atom. The fraction of sp³-hybridized carbons (Fsp3) is 0.727. The molecule has 1 fully saturated rings. The van der Waals surface area contributed by atoms with Crippen molar-refractivity contribution in [3.05, 3.63) is 12.4 Å². The highest BCUT2D eigenvalue weighted by Crippen LogP contribution is 2.21. The minimum absolute atomic E-state index is 0.00545. The van der Waals surface area contributed by atoms with Crippen molar-refractivity contribution in [3.63, 3.8) is 0 Å². The standard InChI is InChI=1S/C11H20N4O3S/c1-12-4-6-14-9-11(7-13-14)19(16,17)15-5-3-10(8-15)18-2/h7,9-10,12H,3-6,8H2,1-2H3. The van der Waals surface area contributed by atoms with Crippen molar-refractivity contribution in [1.29, 1.82) is 0 Å². The Labute approximate surface area is 113 Å². The Bertz CT molecular complexity index is 514. The highest BCUT2D eigenvalue weighted by Gasteiger charge is 2.33. The molecule has 0 aromatic carbocycles. The predicted octanol–water partition coefficient (Wildman–Crippen LogP) is -0.488. The lowest BCUT2D eigenvalue weighted by atomic mass is 10.3. The molecule has 19 heavy (non-hydrogen) atoms. The molecule has 1 unspecified atom stereocenters. The van der Waals surface area contributed by atoms with Gasteiger partial charge in [0.25, 0.3) is 0 Å². The molecule has 0 saturated carbocycles. The summed E-state index contributed by atoms with van der Waals surface area (Å²) in [5.74, 6) is 0. The first-order valence-electron chi connectivity index (χ1n) is 6.28. The zero-order valence-corrected chi connectivity index (χ0v) is 12.1. The number of likely N-dealkylation sites (N-methyl/N-ethyl adjacent to an activating group) is 1. The molecule has 1 aromatic heterocycles. The lowest BCUT2D eigenvalue weighted by Crippen LogP contribution is -2.29. The first-order chi connectivity index (χ1) is 9.07. The molecule has 1 N–H and O–H groups in total. The summed E-state index contributed by atoms with van der Waals surface area (Å²) in [5, 5.41) is 7.07. The van der Waals surface area contributed by atoms with Crippen LogP contribution in [0.1, 0.15) is 6.42 Å². The minimum atomic E-state index is -3.44. The lowest BCUT2D eigenvalue weighted by molar-refractivity contribution is 0.115. The first kappa shape index (κ1) is 14.4. The van der Waals surface area contributed by atoms with Gasteiger partial charge < -0.3 is 10.1 Å². The van der Waals surface area contributed by atoms with E-state index in [4.69, 9.17) is 4.74 Å². The van der Waals surface area contributed by atoms with Crippen LogP contribution in [0.5, 0.6) is 0 Å². The molecule has 0 spiro atoms. The number of nitrogens with one attached hydrogen (secondary N) is 1. The zero-order valence-electron chi connectivity index (χ0n) is 11.2.